The summed E-state index contributed by atoms with van der Waals surface area (Å²) in [5.41, 5.74) is 3.41. The summed E-state index contributed by atoms with van der Waals surface area (Å²) in [6.45, 7) is 3.54. The maximum atomic E-state index is 12.7. The second kappa shape index (κ2) is 9.36. The number of aromatic nitrogens is 2. The molecule has 0 spiro atoms. The van der Waals surface area contributed by atoms with Gasteiger partial charge in [0.2, 0.25) is 5.91 Å². The molecule has 0 saturated carbocycles. The molecule has 2 amide bonds. The summed E-state index contributed by atoms with van der Waals surface area (Å²) in [6, 6.07) is 9.72. The molecule has 3 aromatic rings. The van der Waals surface area contributed by atoms with Crippen LogP contribution in [0.4, 0.5) is 16.2 Å². The van der Waals surface area contributed by atoms with Crippen molar-refractivity contribution >= 4 is 40.8 Å². The smallest absolute Gasteiger partial charge is 0.409 e. The summed E-state index contributed by atoms with van der Waals surface area (Å²) in [5, 5.41) is 14.1. The van der Waals surface area contributed by atoms with Crippen molar-refractivity contribution in [1.29, 1.82) is 0 Å². The molecule has 2 aromatic carbocycles. The zero-order chi connectivity index (χ0) is 22.5. The third-order valence-corrected chi connectivity index (χ3v) is 4.78. The zero-order valence-corrected chi connectivity index (χ0v) is 17.5. The molecular formula is C22H19ClN4O4. The van der Waals surface area contributed by atoms with Crippen molar-refractivity contribution < 1.29 is 19.5 Å². The van der Waals surface area contributed by atoms with Gasteiger partial charge in [-0.3, -0.25) is 19.9 Å². The number of benzene rings is 2. The van der Waals surface area contributed by atoms with Crippen LogP contribution in [0, 0.1) is 13.8 Å². The molecule has 0 aliphatic carbocycles. The summed E-state index contributed by atoms with van der Waals surface area (Å²) in [4.78, 5) is 44.6. The van der Waals surface area contributed by atoms with Crippen LogP contribution in [0.15, 0.2) is 48.8 Å². The van der Waals surface area contributed by atoms with Gasteiger partial charge in [-0.05, 0) is 37.6 Å². The van der Waals surface area contributed by atoms with Gasteiger partial charge in [0.25, 0.3) is 0 Å². The number of amides is 2. The van der Waals surface area contributed by atoms with Gasteiger partial charge < -0.3 is 10.4 Å². The predicted molar refractivity (Wildman–Crippen MR) is 118 cm³/mol. The highest BCUT2D eigenvalue weighted by molar-refractivity contribution is 6.32. The highest BCUT2D eigenvalue weighted by Gasteiger charge is 2.16. The summed E-state index contributed by atoms with van der Waals surface area (Å²) in [5.74, 6) is -0.973. The minimum Gasteiger partial charge on any atom is -0.465 e. The van der Waals surface area contributed by atoms with E-state index in [2.05, 4.69) is 20.6 Å². The molecule has 1 aromatic heterocycles. The van der Waals surface area contributed by atoms with Gasteiger partial charge in [0.1, 0.15) is 0 Å². The zero-order valence-electron chi connectivity index (χ0n) is 16.8. The molecule has 0 bridgehead atoms. The number of hydrogen-bond donors (Lipinski definition) is 3. The molecule has 31 heavy (non-hydrogen) atoms. The van der Waals surface area contributed by atoms with Crippen LogP contribution < -0.4 is 10.6 Å². The number of Topliss-reactive ketones (excluding diaryl/α,β-unsaturated/α-hetero) is 1. The summed E-state index contributed by atoms with van der Waals surface area (Å²) < 4.78 is 0. The average molecular weight is 439 g/mol. The van der Waals surface area contributed by atoms with Crippen LogP contribution >= 0.6 is 11.6 Å². The van der Waals surface area contributed by atoms with Gasteiger partial charge >= 0.3 is 6.09 Å². The van der Waals surface area contributed by atoms with Gasteiger partial charge in [-0.2, -0.15) is 0 Å². The van der Waals surface area contributed by atoms with Crippen LogP contribution in [0.3, 0.4) is 0 Å². The Balaban J connectivity index is 1.76. The Hall–Kier alpha value is -3.78. The van der Waals surface area contributed by atoms with Gasteiger partial charge in [0.15, 0.2) is 5.78 Å². The number of hydrogen-bond acceptors (Lipinski definition) is 5. The molecule has 3 N–H and O–H groups in total. The fourth-order valence-corrected chi connectivity index (χ4v) is 3.06. The highest BCUT2D eigenvalue weighted by atomic mass is 35.5. The lowest BCUT2D eigenvalue weighted by Crippen LogP contribution is -2.18. The number of anilines is 2. The molecule has 1 heterocycles. The standard InChI is InChI=1S/C22H19ClN4O4/c1-12-6-17(18(8-16(12)23)27-22(30)31)26-21(29)9-20(28)15-5-3-4-14(7-15)19-11-24-10-13(2)25-19/h3-8,10-11,27H,9H2,1-2H3,(H,26,29)(H,30,31). The lowest BCUT2D eigenvalue weighted by molar-refractivity contribution is -0.115. The van der Waals surface area contributed by atoms with E-state index in [1.165, 1.54) is 12.1 Å². The molecule has 0 unspecified atom stereocenters. The number of carbonyl (C=O) groups excluding carboxylic acids is 2. The Bertz CT molecular complexity index is 1180. The van der Waals surface area contributed by atoms with E-state index < -0.39 is 24.2 Å². The highest BCUT2D eigenvalue weighted by Crippen LogP contribution is 2.29. The minimum absolute atomic E-state index is 0.115. The molecule has 0 saturated heterocycles. The Morgan fingerprint density at radius 3 is 2.48 bits per heavy atom. The monoisotopic (exact) mass is 438 g/mol. The van der Waals surface area contributed by atoms with Gasteiger partial charge in [0, 0.05) is 22.3 Å². The molecule has 9 heteroatoms. The number of ketones is 1. The fourth-order valence-electron chi connectivity index (χ4n) is 2.90. The van der Waals surface area contributed by atoms with Gasteiger partial charge in [-0.1, -0.05) is 29.8 Å². The van der Waals surface area contributed by atoms with E-state index in [1.807, 2.05) is 6.92 Å². The molecule has 0 fully saturated rings. The second-order valence-electron chi connectivity index (χ2n) is 6.85. The molecule has 3 rings (SSSR count). The van der Waals surface area contributed by atoms with Gasteiger partial charge in [0.05, 0.1) is 35.4 Å². The van der Waals surface area contributed by atoms with Crippen molar-refractivity contribution in [3.05, 3.63) is 70.6 Å². The Morgan fingerprint density at radius 2 is 1.77 bits per heavy atom. The van der Waals surface area contributed by atoms with Crippen molar-refractivity contribution in [2.24, 2.45) is 0 Å². The predicted octanol–water partition coefficient (Wildman–Crippen LogP) is 4.72. The first-order chi connectivity index (χ1) is 14.7. The number of nitrogens with one attached hydrogen (secondary N) is 2. The lowest BCUT2D eigenvalue weighted by atomic mass is 10.0. The molecule has 0 radical (unpaired) electrons. The van der Waals surface area contributed by atoms with Crippen LogP contribution in [0.2, 0.25) is 5.02 Å². The summed E-state index contributed by atoms with van der Waals surface area (Å²) >= 11 is 6.04. The van der Waals surface area contributed by atoms with E-state index in [1.54, 1.807) is 43.6 Å². The number of halogens is 1. The fraction of sp³-hybridized carbons (Fsp3) is 0.136. The van der Waals surface area contributed by atoms with E-state index in [0.29, 0.717) is 27.4 Å². The maximum Gasteiger partial charge on any atom is 0.409 e. The number of rotatable bonds is 6. The van der Waals surface area contributed by atoms with Crippen molar-refractivity contribution in [2.45, 2.75) is 20.3 Å². The normalized spacial score (nSPS) is 10.4. The topological polar surface area (TPSA) is 121 Å². The first kappa shape index (κ1) is 21.9. The first-order valence-electron chi connectivity index (χ1n) is 9.25. The van der Waals surface area contributed by atoms with E-state index in [0.717, 1.165) is 5.69 Å². The number of aryl methyl sites for hydroxylation is 2. The maximum absolute atomic E-state index is 12.7. The molecule has 8 nitrogen and oxygen atoms in total. The van der Waals surface area contributed by atoms with Gasteiger partial charge in [-0.15, -0.1) is 0 Å². The van der Waals surface area contributed by atoms with Crippen molar-refractivity contribution in [1.82, 2.24) is 9.97 Å². The third-order valence-electron chi connectivity index (χ3n) is 4.37. The van der Waals surface area contributed by atoms with E-state index >= 15 is 0 Å². The van der Waals surface area contributed by atoms with Crippen molar-refractivity contribution in [3.8, 4) is 11.3 Å². The van der Waals surface area contributed by atoms with Crippen molar-refractivity contribution in [2.75, 3.05) is 10.6 Å². The van der Waals surface area contributed by atoms with Crippen LogP contribution in [0.25, 0.3) is 11.3 Å². The largest absolute Gasteiger partial charge is 0.465 e. The molecule has 0 atom stereocenters. The number of nitrogens with zero attached hydrogens (tertiary/aromatic N) is 2. The lowest BCUT2D eigenvalue weighted by Gasteiger charge is -2.13. The quantitative estimate of drug-likeness (QED) is 0.378. The summed E-state index contributed by atoms with van der Waals surface area (Å²) in [7, 11) is 0. The summed E-state index contributed by atoms with van der Waals surface area (Å²) in [6.07, 6.45) is 1.51. The number of carboxylic acid groups (broad SMARTS) is 1. The molecule has 0 aliphatic heterocycles. The van der Waals surface area contributed by atoms with E-state index in [-0.39, 0.29) is 11.4 Å². The Morgan fingerprint density at radius 1 is 1.03 bits per heavy atom. The molecular weight excluding hydrogens is 420 g/mol. The average Bonchev–Trinajstić information content (AvgIpc) is 2.71. The van der Waals surface area contributed by atoms with Crippen LogP contribution in [-0.2, 0) is 4.79 Å². The molecule has 158 valence electrons. The molecule has 0 aliphatic rings. The van der Waals surface area contributed by atoms with Crippen LogP contribution in [0.1, 0.15) is 28.0 Å². The second-order valence-corrected chi connectivity index (χ2v) is 7.26. The Labute approximate surface area is 183 Å². The number of carbonyl (C=O) groups is 3. The minimum atomic E-state index is -1.30. The van der Waals surface area contributed by atoms with Crippen molar-refractivity contribution in [3.63, 3.8) is 0 Å². The Kier molecular flexibility index (Phi) is 6.61. The third kappa shape index (κ3) is 5.64. The van der Waals surface area contributed by atoms with Gasteiger partial charge in [-0.25, -0.2) is 9.78 Å². The first-order valence-corrected chi connectivity index (χ1v) is 9.63. The SMILES string of the molecule is Cc1cncc(-c2cccc(C(=O)CC(=O)Nc3cc(C)c(Cl)cc3NC(=O)O)c2)n1. The van der Waals surface area contributed by atoms with Crippen LogP contribution in [-0.4, -0.2) is 32.9 Å². The van der Waals surface area contributed by atoms with E-state index in [4.69, 9.17) is 16.7 Å². The van der Waals surface area contributed by atoms with E-state index in [9.17, 15) is 14.4 Å². The van der Waals surface area contributed by atoms with Crippen LogP contribution in [0.5, 0.6) is 0 Å².